The molecule has 0 bridgehead atoms. The second-order valence-electron chi connectivity index (χ2n) is 3.22. The van der Waals surface area contributed by atoms with Crippen molar-refractivity contribution in [3.63, 3.8) is 0 Å². The number of aromatic nitrogens is 3. The van der Waals surface area contributed by atoms with Gasteiger partial charge in [0, 0.05) is 30.8 Å². The Morgan fingerprint density at radius 2 is 2.38 bits per heavy atom. The average molecular weight is 218 g/mol. The van der Waals surface area contributed by atoms with Gasteiger partial charge in [0.15, 0.2) is 0 Å². The van der Waals surface area contributed by atoms with Crippen molar-refractivity contribution in [2.75, 3.05) is 0 Å². The van der Waals surface area contributed by atoms with Crippen LogP contribution in [0.1, 0.15) is 12.3 Å². The number of hydrogen-bond acceptors (Lipinski definition) is 5. The maximum absolute atomic E-state index is 10.6. The molecule has 0 atom stereocenters. The van der Waals surface area contributed by atoms with Crippen LogP contribution in [0.15, 0.2) is 29.0 Å². The second kappa shape index (κ2) is 4.52. The zero-order chi connectivity index (χ0) is 11.4. The number of nitrogens with zero attached hydrogens (tertiary/aromatic N) is 3. The summed E-state index contributed by atoms with van der Waals surface area (Å²) in [5, 5.41) is 3.79. The Morgan fingerprint density at radius 1 is 1.50 bits per heavy atom. The van der Waals surface area contributed by atoms with Gasteiger partial charge < -0.3 is 10.3 Å². The van der Waals surface area contributed by atoms with Crippen molar-refractivity contribution in [1.82, 2.24) is 15.1 Å². The monoisotopic (exact) mass is 218 g/mol. The van der Waals surface area contributed by atoms with Crippen molar-refractivity contribution in [2.24, 2.45) is 5.73 Å². The zero-order valence-electron chi connectivity index (χ0n) is 8.46. The number of carbonyl (C=O) groups excluding carboxylic acids is 1. The van der Waals surface area contributed by atoms with Crippen LogP contribution in [0.25, 0.3) is 11.4 Å². The lowest BCUT2D eigenvalue weighted by atomic mass is 10.3. The predicted octanol–water partition coefficient (Wildman–Crippen LogP) is 0.550. The van der Waals surface area contributed by atoms with Crippen molar-refractivity contribution < 1.29 is 9.32 Å². The van der Waals surface area contributed by atoms with Crippen LogP contribution < -0.4 is 5.73 Å². The van der Waals surface area contributed by atoms with E-state index in [2.05, 4.69) is 15.1 Å². The van der Waals surface area contributed by atoms with Gasteiger partial charge in [-0.25, -0.2) is 0 Å². The fourth-order valence-corrected chi connectivity index (χ4v) is 1.20. The maximum Gasteiger partial charge on any atom is 0.227 e. The van der Waals surface area contributed by atoms with Crippen LogP contribution in [0.4, 0.5) is 0 Å². The third-order valence-corrected chi connectivity index (χ3v) is 1.97. The van der Waals surface area contributed by atoms with E-state index < -0.39 is 0 Å². The van der Waals surface area contributed by atoms with E-state index in [4.69, 9.17) is 10.3 Å². The Bertz CT molecular complexity index is 481. The number of primary amides is 1. The summed E-state index contributed by atoms with van der Waals surface area (Å²) in [6.45, 7) is 0. The number of nitrogens with two attached hydrogens (primary N) is 1. The molecule has 0 aliphatic heterocycles. The van der Waals surface area contributed by atoms with E-state index in [1.165, 1.54) is 0 Å². The highest BCUT2D eigenvalue weighted by molar-refractivity contribution is 5.73. The highest BCUT2D eigenvalue weighted by Gasteiger charge is 2.09. The topological polar surface area (TPSA) is 94.9 Å². The molecular weight excluding hydrogens is 208 g/mol. The first-order chi connectivity index (χ1) is 7.75. The number of carbonyl (C=O) groups is 1. The summed E-state index contributed by atoms with van der Waals surface area (Å²) >= 11 is 0. The summed E-state index contributed by atoms with van der Waals surface area (Å²) in [4.78, 5) is 18.6. The van der Waals surface area contributed by atoms with Crippen LogP contribution in [0, 0.1) is 0 Å². The first-order valence-electron chi connectivity index (χ1n) is 4.77. The molecule has 82 valence electrons. The molecule has 0 fully saturated rings. The number of amides is 1. The molecule has 0 aromatic carbocycles. The van der Waals surface area contributed by atoms with Crippen molar-refractivity contribution in [3.8, 4) is 11.4 Å². The van der Waals surface area contributed by atoms with Gasteiger partial charge in [0.1, 0.15) is 0 Å². The Balaban J connectivity index is 2.11. The number of aryl methyl sites for hydroxylation is 1. The third-order valence-electron chi connectivity index (χ3n) is 1.97. The normalized spacial score (nSPS) is 10.2. The molecule has 1 amide bonds. The lowest BCUT2D eigenvalue weighted by Crippen LogP contribution is -2.11. The zero-order valence-corrected chi connectivity index (χ0v) is 8.46. The van der Waals surface area contributed by atoms with Crippen LogP contribution in [-0.2, 0) is 11.2 Å². The van der Waals surface area contributed by atoms with Gasteiger partial charge in [-0.05, 0) is 12.1 Å². The molecule has 0 saturated carbocycles. The molecule has 2 rings (SSSR count). The molecule has 16 heavy (non-hydrogen) atoms. The summed E-state index contributed by atoms with van der Waals surface area (Å²) in [7, 11) is 0. The summed E-state index contributed by atoms with van der Waals surface area (Å²) < 4.78 is 4.97. The molecule has 0 aliphatic carbocycles. The van der Waals surface area contributed by atoms with Crippen LogP contribution in [0.5, 0.6) is 0 Å². The van der Waals surface area contributed by atoms with E-state index in [1.54, 1.807) is 18.5 Å². The molecule has 0 unspecified atom stereocenters. The molecule has 2 aromatic rings. The van der Waals surface area contributed by atoms with Gasteiger partial charge in [0.2, 0.25) is 17.6 Å². The highest BCUT2D eigenvalue weighted by Crippen LogP contribution is 2.13. The van der Waals surface area contributed by atoms with Crippen LogP contribution in [0.3, 0.4) is 0 Å². The molecule has 6 heteroatoms. The highest BCUT2D eigenvalue weighted by atomic mass is 16.5. The molecule has 0 aliphatic rings. The quantitative estimate of drug-likeness (QED) is 0.808. The Morgan fingerprint density at radius 3 is 3.06 bits per heavy atom. The molecule has 6 nitrogen and oxygen atoms in total. The number of hydrogen-bond donors (Lipinski definition) is 1. The smallest absolute Gasteiger partial charge is 0.227 e. The number of rotatable bonds is 4. The summed E-state index contributed by atoms with van der Waals surface area (Å²) in [5.41, 5.74) is 5.79. The molecule has 0 radical (unpaired) electrons. The lowest BCUT2D eigenvalue weighted by Gasteiger charge is -1.90. The minimum atomic E-state index is -0.388. The summed E-state index contributed by atoms with van der Waals surface area (Å²) in [6.07, 6.45) is 3.87. The minimum absolute atomic E-state index is 0.203. The van der Waals surface area contributed by atoms with Crippen LogP contribution in [0.2, 0.25) is 0 Å². The first kappa shape index (κ1) is 10.3. The largest absolute Gasteiger partial charge is 0.370 e. The van der Waals surface area contributed by atoms with Crippen molar-refractivity contribution >= 4 is 5.91 Å². The van der Waals surface area contributed by atoms with Crippen LogP contribution >= 0.6 is 0 Å². The van der Waals surface area contributed by atoms with E-state index in [1.807, 2.05) is 6.07 Å². The Labute approximate surface area is 91.5 Å². The fourth-order valence-electron chi connectivity index (χ4n) is 1.20. The van der Waals surface area contributed by atoms with E-state index in [-0.39, 0.29) is 12.3 Å². The van der Waals surface area contributed by atoms with Crippen molar-refractivity contribution in [1.29, 1.82) is 0 Å². The molecule has 2 aromatic heterocycles. The molecule has 2 heterocycles. The lowest BCUT2D eigenvalue weighted by molar-refractivity contribution is -0.118. The second-order valence-corrected chi connectivity index (χ2v) is 3.22. The summed E-state index contributed by atoms with van der Waals surface area (Å²) in [5.74, 6) is 0.478. The van der Waals surface area contributed by atoms with Gasteiger partial charge in [-0.3, -0.25) is 9.78 Å². The average Bonchev–Trinajstić information content (AvgIpc) is 2.76. The predicted molar refractivity (Wildman–Crippen MR) is 55.0 cm³/mol. The van der Waals surface area contributed by atoms with Gasteiger partial charge in [-0.2, -0.15) is 4.98 Å². The SMILES string of the molecule is NC(=O)CCc1nc(-c2cccnc2)no1. The summed E-state index contributed by atoms with van der Waals surface area (Å²) in [6, 6.07) is 3.62. The van der Waals surface area contributed by atoms with E-state index in [0.717, 1.165) is 5.56 Å². The van der Waals surface area contributed by atoms with Crippen molar-refractivity contribution in [2.45, 2.75) is 12.8 Å². The van der Waals surface area contributed by atoms with Crippen LogP contribution in [-0.4, -0.2) is 21.0 Å². The standard InChI is InChI=1S/C10H10N4O2/c11-8(15)3-4-9-13-10(14-16-9)7-2-1-5-12-6-7/h1-2,5-6H,3-4H2,(H2,11,15). The van der Waals surface area contributed by atoms with Gasteiger partial charge in [0.05, 0.1) is 0 Å². The van der Waals surface area contributed by atoms with Gasteiger partial charge >= 0.3 is 0 Å². The van der Waals surface area contributed by atoms with E-state index in [0.29, 0.717) is 18.1 Å². The van der Waals surface area contributed by atoms with Gasteiger partial charge in [-0.15, -0.1) is 0 Å². The number of pyridine rings is 1. The molecule has 0 spiro atoms. The van der Waals surface area contributed by atoms with Crippen molar-refractivity contribution in [3.05, 3.63) is 30.4 Å². The first-order valence-corrected chi connectivity index (χ1v) is 4.77. The van der Waals surface area contributed by atoms with E-state index >= 15 is 0 Å². The van der Waals surface area contributed by atoms with E-state index in [9.17, 15) is 4.79 Å². The molecule has 0 saturated heterocycles. The molecular formula is C10H10N4O2. The third kappa shape index (κ3) is 2.41. The molecule has 2 N–H and O–H groups in total. The fraction of sp³-hybridized carbons (Fsp3) is 0.200. The van der Waals surface area contributed by atoms with Gasteiger partial charge in [-0.1, -0.05) is 5.16 Å². The van der Waals surface area contributed by atoms with Gasteiger partial charge in [0.25, 0.3) is 0 Å². The Kier molecular flexibility index (Phi) is 2.90. The Hall–Kier alpha value is -2.24. The maximum atomic E-state index is 10.6. The minimum Gasteiger partial charge on any atom is -0.370 e.